The molecule has 0 radical (unpaired) electrons. The number of hydrogen-bond acceptors (Lipinski definition) is 2. The van der Waals surface area contributed by atoms with E-state index < -0.39 is 0 Å². The number of benzene rings is 1. The minimum Gasteiger partial charge on any atom is -0.470 e. The maximum absolute atomic E-state index is 12.0. The number of rotatable bonds is 1. The topological polar surface area (TPSA) is 29.5 Å². The lowest BCUT2D eigenvalue weighted by Crippen LogP contribution is -2.46. The van der Waals surface area contributed by atoms with Crippen LogP contribution in [0.4, 0.5) is 0 Å². The molecule has 1 amide bonds. The molecule has 3 rings (SSSR count). The van der Waals surface area contributed by atoms with Gasteiger partial charge in [0.15, 0.2) is 6.23 Å². The van der Waals surface area contributed by atoms with E-state index in [-0.39, 0.29) is 12.1 Å². The molecule has 2 aliphatic heterocycles. The molecular formula is C14H15NO2. The first-order valence-electron chi connectivity index (χ1n) is 6.09. The van der Waals surface area contributed by atoms with Gasteiger partial charge in [0.2, 0.25) is 0 Å². The number of piperidine rings is 1. The van der Waals surface area contributed by atoms with Crippen LogP contribution in [0.15, 0.2) is 36.4 Å². The second-order valence-electron chi connectivity index (χ2n) is 4.47. The lowest BCUT2D eigenvalue weighted by Gasteiger charge is -2.38. The van der Waals surface area contributed by atoms with Gasteiger partial charge in [0.25, 0.3) is 5.91 Å². The molecule has 0 spiro atoms. The van der Waals surface area contributed by atoms with Crippen LogP contribution in [0.1, 0.15) is 24.8 Å². The molecule has 0 aromatic heterocycles. The standard InChI is InChI=1S/C14H15NO2/c16-13-10-12(11-6-2-1-3-7-11)17-14-8-4-5-9-15(13)14/h1-3,6-7,10,14H,4-5,8-9H2. The van der Waals surface area contributed by atoms with Crippen LogP contribution in [0.25, 0.3) is 5.76 Å². The van der Waals surface area contributed by atoms with Crippen LogP contribution in [0.2, 0.25) is 0 Å². The molecule has 3 heteroatoms. The second-order valence-corrected chi connectivity index (χ2v) is 4.47. The minimum atomic E-state index is -0.0588. The summed E-state index contributed by atoms with van der Waals surface area (Å²) in [5.41, 5.74) is 0.978. The van der Waals surface area contributed by atoms with Crippen molar-refractivity contribution in [3.8, 4) is 0 Å². The van der Waals surface area contributed by atoms with E-state index in [4.69, 9.17) is 4.74 Å². The number of carbonyl (C=O) groups excluding carboxylic acids is 1. The summed E-state index contributed by atoms with van der Waals surface area (Å²) in [4.78, 5) is 13.8. The van der Waals surface area contributed by atoms with Gasteiger partial charge in [0, 0.05) is 24.6 Å². The molecule has 1 aromatic carbocycles. The summed E-state index contributed by atoms with van der Waals surface area (Å²) < 4.78 is 5.91. The van der Waals surface area contributed by atoms with Crippen LogP contribution in [0.3, 0.4) is 0 Å². The van der Waals surface area contributed by atoms with E-state index >= 15 is 0 Å². The number of carbonyl (C=O) groups is 1. The molecule has 2 heterocycles. The van der Waals surface area contributed by atoms with Crippen molar-refractivity contribution in [2.45, 2.75) is 25.5 Å². The van der Waals surface area contributed by atoms with E-state index in [1.165, 1.54) is 0 Å². The predicted molar refractivity (Wildman–Crippen MR) is 64.9 cm³/mol. The number of nitrogens with zero attached hydrogens (tertiary/aromatic N) is 1. The largest absolute Gasteiger partial charge is 0.470 e. The highest BCUT2D eigenvalue weighted by atomic mass is 16.5. The van der Waals surface area contributed by atoms with Gasteiger partial charge >= 0.3 is 0 Å². The number of ether oxygens (including phenoxy) is 1. The fraction of sp³-hybridized carbons (Fsp3) is 0.357. The van der Waals surface area contributed by atoms with Crippen LogP contribution < -0.4 is 0 Å². The lowest BCUT2D eigenvalue weighted by molar-refractivity contribution is -0.141. The van der Waals surface area contributed by atoms with Crippen molar-refractivity contribution in [3.05, 3.63) is 42.0 Å². The molecule has 1 fully saturated rings. The summed E-state index contributed by atoms with van der Waals surface area (Å²) in [6, 6.07) is 9.81. The third kappa shape index (κ3) is 1.93. The molecular weight excluding hydrogens is 214 g/mol. The fourth-order valence-electron chi connectivity index (χ4n) is 2.41. The zero-order chi connectivity index (χ0) is 11.7. The van der Waals surface area contributed by atoms with Crippen molar-refractivity contribution in [1.82, 2.24) is 4.90 Å². The van der Waals surface area contributed by atoms with Gasteiger partial charge < -0.3 is 9.64 Å². The molecule has 1 aromatic rings. The molecule has 0 aliphatic carbocycles. The zero-order valence-electron chi connectivity index (χ0n) is 9.63. The summed E-state index contributed by atoms with van der Waals surface area (Å²) in [6.45, 7) is 0.821. The molecule has 1 saturated heterocycles. The van der Waals surface area contributed by atoms with Gasteiger partial charge in [-0.1, -0.05) is 30.3 Å². The quantitative estimate of drug-likeness (QED) is 0.740. The maximum Gasteiger partial charge on any atom is 0.253 e. The van der Waals surface area contributed by atoms with Gasteiger partial charge in [-0.3, -0.25) is 4.79 Å². The Bertz CT molecular complexity index is 453. The van der Waals surface area contributed by atoms with E-state index in [2.05, 4.69) is 0 Å². The Labute approximate surface area is 101 Å². The van der Waals surface area contributed by atoms with Crippen molar-refractivity contribution in [1.29, 1.82) is 0 Å². The van der Waals surface area contributed by atoms with Crippen LogP contribution >= 0.6 is 0 Å². The first-order valence-corrected chi connectivity index (χ1v) is 6.09. The molecule has 0 saturated carbocycles. The predicted octanol–water partition coefficient (Wildman–Crippen LogP) is 2.40. The van der Waals surface area contributed by atoms with E-state index in [1.54, 1.807) is 6.08 Å². The Hall–Kier alpha value is -1.77. The molecule has 2 aliphatic rings. The third-order valence-corrected chi connectivity index (χ3v) is 3.31. The summed E-state index contributed by atoms with van der Waals surface area (Å²) in [7, 11) is 0. The van der Waals surface area contributed by atoms with E-state index in [1.807, 2.05) is 35.2 Å². The first kappa shape index (κ1) is 10.4. The van der Waals surface area contributed by atoms with Crippen LogP contribution in [-0.4, -0.2) is 23.6 Å². The van der Waals surface area contributed by atoms with Gasteiger partial charge in [0.05, 0.1) is 0 Å². The Morgan fingerprint density at radius 3 is 2.82 bits per heavy atom. The van der Waals surface area contributed by atoms with Crippen LogP contribution in [0, 0.1) is 0 Å². The van der Waals surface area contributed by atoms with E-state index in [0.717, 1.165) is 31.4 Å². The van der Waals surface area contributed by atoms with Crippen molar-refractivity contribution in [3.63, 3.8) is 0 Å². The van der Waals surface area contributed by atoms with Gasteiger partial charge in [-0.05, 0) is 12.8 Å². The number of hydrogen-bond donors (Lipinski definition) is 0. The summed E-state index contributed by atoms with van der Waals surface area (Å²) in [6.07, 6.45) is 4.71. The smallest absolute Gasteiger partial charge is 0.253 e. The van der Waals surface area contributed by atoms with Crippen molar-refractivity contribution >= 4 is 11.7 Å². The van der Waals surface area contributed by atoms with Gasteiger partial charge in [-0.15, -0.1) is 0 Å². The molecule has 0 bridgehead atoms. The third-order valence-electron chi connectivity index (χ3n) is 3.31. The number of amides is 1. The SMILES string of the molecule is O=C1C=C(c2ccccc2)OC2CCCCN12. The van der Waals surface area contributed by atoms with Crippen molar-refractivity contribution in [2.24, 2.45) is 0 Å². The lowest BCUT2D eigenvalue weighted by atomic mass is 10.1. The highest BCUT2D eigenvalue weighted by Gasteiger charge is 2.31. The van der Waals surface area contributed by atoms with E-state index in [9.17, 15) is 4.79 Å². The summed E-state index contributed by atoms with van der Waals surface area (Å²) in [5, 5.41) is 0. The Morgan fingerprint density at radius 1 is 1.18 bits per heavy atom. The molecule has 88 valence electrons. The van der Waals surface area contributed by atoms with Gasteiger partial charge in [-0.25, -0.2) is 0 Å². The Balaban J connectivity index is 1.90. The molecule has 1 unspecified atom stereocenters. The average molecular weight is 229 g/mol. The molecule has 17 heavy (non-hydrogen) atoms. The molecule has 1 atom stereocenters. The van der Waals surface area contributed by atoms with Gasteiger partial charge in [-0.2, -0.15) is 0 Å². The summed E-state index contributed by atoms with van der Waals surface area (Å²) in [5.74, 6) is 0.790. The highest BCUT2D eigenvalue weighted by Crippen LogP contribution is 2.29. The summed E-state index contributed by atoms with van der Waals surface area (Å²) >= 11 is 0. The Kier molecular flexibility index (Phi) is 2.59. The molecule has 0 N–H and O–H groups in total. The van der Waals surface area contributed by atoms with Crippen molar-refractivity contribution in [2.75, 3.05) is 6.54 Å². The average Bonchev–Trinajstić information content (AvgIpc) is 2.40. The maximum atomic E-state index is 12.0. The highest BCUT2D eigenvalue weighted by molar-refractivity contribution is 5.95. The van der Waals surface area contributed by atoms with Crippen LogP contribution in [0.5, 0.6) is 0 Å². The monoisotopic (exact) mass is 229 g/mol. The minimum absolute atomic E-state index is 0.0588. The zero-order valence-corrected chi connectivity index (χ0v) is 9.63. The van der Waals surface area contributed by atoms with Crippen molar-refractivity contribution < 1.29 is 9.53 Å². The fourth-order valence-corrected chi connectivity index (χ4v) is 2.41. The molecule has 3 nitrogen and oxygen atoms in total. The van der Waals surface area contributed by atoms with Crippen LogP contribution in [-0.2, 0) is 9.53 Å². The first-order chi connectivity index (χ1) is 8.34. The normalized spacial score (nSPS) is 23.8. The van der Waals surface area contributed by atoms with E-state index in [0.29, 0.717) is 5.76 Å². The number of fused-ring (bicyclic) bond motifs is 1. The van der Waals surface area contributed by atoms with Gasteiger partial charge in [0.1, 0.15) is 5.76 Å². The Morgan fingerprint density at radius 2 is 2.00 bits per heavy atom. The second kappa shape index (κ2) is 4.24.